The highest BCUT2D eigenvalue weighted by atomic mass is 32.2. The Morgan fingerprint density at radius 1 is 1.43 bits per heavy atom. The van der Waals surface area contributed by atoms with Gasteiger partial charge in [0.2, 0.25) is 0 Å². The Kier molecular flexibility index (Phi) is 3.59. The van der Waals surface area contributed by atoms with Gasteiger partial charge in [-0.05, 0) is 0 Å². The van der Waals surface area contributed by atoms with Crippen LogP contribution < -0.4 is 0 Å². The fourth-order valence-corrected chi connectivity index (χ4v) is 2.48. The normalized spacial score (nSPS) is 12.6. The molecule has 1 heterocycles. The van der Waals surface area contributed by atoms with Gasteiger partial charge in [-0.3, -0.25) is 0 Å². The SMILES string of the molecule is CN(C)S(=O)(=O)N(C)Cc1nccs1. The number of aromatic nitrogens is 1. The van der Waals surface area contributed by atoms with Crippen molar-refractivity contribution in [3.8, 4) is 0 Å². The van der Waals surface area contributed by atoms with Gasteiger partial charge in [-0.2, -0.15) is 17.0 Å². The second-order valence-corrected chi connectivity index (χ2v) is 6.20. The Bertz CT molecular complexity index is 372. The summed E-state index contributed by atoms with van der Waals surface area (Å²) in [6, 6.07) is 0. The van der Waals surface area contributed by atoms with Crippen LogP contribution in [0.1, 0.15) is 5.01 Å². The van der Waals surface area contributed by atoms with Crippen LogP contribution in [0.25, 0.3) is 0 Å². The zero-order valence-electron chi connectivity index (χ0n) is 8.34. The van der Waals surface area contributed by atoms with Crippen LogP contribution in [-0.2, 0) is 16.8 Å². The standard InChI is InChI=1S/C7H13N3O2S2/c1-9(2)14(11,12)10(3)6-7-8-4-5-13-7/h4-5H,6H2,1-3H3. The first-order valence-corrected chi connectivity index (χ1v) is 6.24. The summed E-state index contributed by atoms with van der Waals surface area (Å²) >= 11 is 1.44. The Morgan fingerprint density at radius 3 is 2.50 bits per heavy atom. The third kappa shape index (κ3) is 2.50. The lowest BCUT2D eigenvalue weighted by molar-refractivity contribution is 0.414. The molecule has 7 heteroatoms. The summed E-state index contributed by atoms with van der Waals surface area (Å²) in [4.78, 5) is 4.02. The summed E-state index contributed by atoms with van der Waals surface area (Å²) in [6.45, 7) is 0.318. The van der Waals surface area contributed by atoms with E-state index in [4.69, 9.17) is 0 Å². The highest BCUT2D eigenvalue weighted by Gasteiger charge is 2.20. The molecular formula is C7H13N3O2S2. The van der Waals surface area contributed by atoms with Crippen LogP contribution in [0.15, 0.2) is 11.6 Å². The summed E-state index contributed by atoms with van der Waals surface area (Å²) in [7, 11) is 1.23. The molecule has 0 aromatic carbocycles. The lowest BCUT2D eigenvalue weighted by Crippen LogP contribution is -2.36. The maximum atomic E-state index is 11.6. The van der Waals surface area contributed by atoms with E-state index < -0.39 is 10.2 Å². The maximum Gasteiger partial charge on any atom is 0.281 e. The smallest absolute Gasteiger partial charge is 0.248 e. The van der Waals surface area contributed by atoms with Gasteiger partial charge in [-0.15, -0.1) is 11.3 Å². The van der Waals surface area contributed by atoms with E-state index in [1.54, 1.807) is 6.20 Å². The average Bonchev–Trinajstić information content (AvgIpc) is 2.56. The lowest BCUT2D eigenvalue weighted by Gasteiger charge is -2.20. The monoisotopic (exact) mass is 235 g/mol. The molecule has 0 aliphatic rings. The lowest BCUT2D eigenvalue weighted by atomic mass is 10.7. The topological polar surface area (TPSA) is 53.5 Å². The van der Waals surface area contributed by atoms with Crippen molar-refractivity contribution in [1.82, 2.24) is 13.6 Å². The van der Waals surface area contributed by atoms with Crippen molar-refractivity contribution >= 4 is 21.5 Å². The van der Waals surface area contributed by atoms with Crippen molar-refractivity contribution in [1.29, 1.82) is 0 Å². The predicted molar refractivity (Wildman–Crippen MR) is 56.2 cm³/mol. The van der Waals surface area contributed by atoms with Gasteiger partial charge >= 0.3 is 0 Å². The van der Waals surface area contributed by atoms with E-state index >= 15 is 0 Å². The van der Waals surface area contributed by atoms with Crippen LogP contribution in [0.2, 0.25) is 0 Å². The second kappa shape index (κ2) is 4.35. The molecule has 0 bridgehead atoms. The van der Waals surface area contributed by atoms with Crippen molar-refractivity contribution in [3.05, 3.63) is 16.6 Å². The van der Waals surface area contributed by atoms with Crippen LogP contribution in [-0.4, -0.2) is 43.2 Å². The number of rotatable bonds is 4. The summed E-state index contributed by atoms with van der Waals surface area (Å²) in [5, 5.41) is 2.61. The molecule has 80 valence electrons. The molecule has 0 amide bonds. The molecule has 0 atom stereocenters. The van der Waals surface area contributed by atoms with E-state index in [-0.39, 0.29) is 0 Å². The summed E-state index contributed by atoms with van der Waals surface area (Å²) in [5.74, 6) is 0. The van der Waals surface area contributed by atoms with Gasteiger partial charge in [0.25, 0.3) is 10.2 Å². The van der Waals surface area contributed by atoms with E-state index in [1.807, 2.05) is 5.38 Å². The van der Waals surface area contributed by atoms with E-state index in [1.165, 1.54) is 41.1 Å². The first-order valence-electron chi connectivity index (χ1n) is 3.96. The molecule has 14 heavy (non-hydrogen) atoms. The van der Waals surface area contributed by atoms with Gasteiger partial charge in [0, 0.05) is 32.7 Å². The van der Waals surface area contributed by atoms with Crippen LogP contribution in [0.3, 0.4) is 0 Å². The molecule has 0 spiro atoms. The largest absolute Gasteiger partial charge is 0.281 e. The zero-order chi connectivity index (χ0) is 10.8. The quantitative estimate of drug-likeness (QED) is 0.758. The summed E-state index contributed by atoms with van der Waals surface area (Å²) in [5.41, 5.74) is 0. The third-order valence-corrected chi connectivity index (χ3v) is 4.30. The Labute approximate surface area is 88.2 Å². The molecular weight excluding hydrogens is 222 g/mol. The van der Waals surface area contributed by atoms with Crippen LogP contribution in [0.5, 0.6) is 0 Å². The van der Waals surface area contributed by atoms with Crippen molar-refractivity contribution in [2.75, 3.05) is 21.1 Å². The minimum Gasteiger partial charge on any atom is -0.248 e. The zero-order valence-corrected chi connectivity index (χ0v) is 9.97. The molecule has 0 aliphatic carbocycles. The van der Waals surface area contributed by atoms with Crippen molar-refractivity contribution < 1.29 is 8.42 Å². The number of hydrogen-bond acceptors (Lipinski definition) is 4. The first-order chi connectivity index (χ1) is 6.44. The van der Waals surface area contributed by atoms with E-state index in [9.17, 15) is 8.42 Å². The van der Waals surface area contributed by atoms with Crippen LogP contribution >= 0.6 is 11.3 Å². The average molecular weight is 235 g/mol. The van der Waals surface area contributed by atoms with Crippen LogP contribution in [0.4, 0.5) is 0 Å². The van der Waals surface area contributed by atoms with E-state index in [0.29, 0.717) is 6.54 Å². The highest BCUT2D eigenvalue weighted by molar-refractivity contribution is 7.86. The molecule has 0 saturated heterocycles. The fourth-order valence-electron chi connectivity index (χ4n) is 0.882. The molecule has 5 nitrogen and oxygen atoms in total. The number of thiazole rings is 1. The van der Waals surface area contributed by atoms with Gasteiger partial charge < -0.3 is 0 Å². The molecule has 0 fully saturated rings. The molecule has 0 saturated carbocycles. The molecule has 0 N–H and O–H groups in total. The third-order valence-electron chi connectivity index (χ3n) is 1.70. The highest BCUT2D eigenvalue weighted by Crippen LogP contribution is 2.10. The van der Waals surface area contributed by atoms with Gasteiger partial charge in [0.15, 0.2) is 0 Å². The Morgan fingerprint density at radius 2 is 2.07 bits per heavy atom. The first kappa shape index (κ1) is 11.6. The number of hydrogen-bond donors (Lipinski definition) is 0. The summed E-state index contributed by atoms with van der Waals surface area (Å²) in [6.07, 6.45) is 1.66. The molecule has 1 aromatic rings. The Balaban J connectivity index is 2.72. The molecule has 0 radical (unpaired) electrons. The minimum atomic E-state index is -3.32. The molecule has 0 aliphatic heterocycles. The molecule has 0 unspecified atom stereocenters. The van der Waals surface area contributed by atoms with Gasteiger partial charge in [-0.1, -0.05) is 0 Å². The summed E-state index contributed by atoms with van der Waals surface area (Å²) < 4.78 is 25.6. The molecule has 1 aromatic heterocycles. The Hall–Kier alpha value is -0.500. The molecule has 1 rings (SSSR count). The van der Waals surface area contributed by atoms with Gasteiger partial charge in [0.05, 0.1) is 6.54 Å². The van der Waals surface area contributed by atoms with Gasteiger partial charge in [0.1, 0.15) is 5.01 Å². The van der Waals surface area contributed by atoms with E-state index in [2.05, 4.69) is 4.98 Å². The maximum absolute atomic E-state index is 11.6. The number of nitrogens with zero attached hydrogens (tertiary/aromatic N) is 3. The predicted octanol–water partition coefficient (Wildman–Crippen LogP) is 0.381. The van der Waals surface area contributed by atoms with Crippen molar-refractivity contribution in [2.24, 2.45) is 0 Å². The van der Waals surface area contributed by atoms with E-state index in [0.717, 1.165) is 5.01 Å². The van der Waals surface area contributed by atoms with Crippen molar-refractivity contribution in [2.45, 2.75) is 6.54 Å². The fraction of sp³-hybridized carbons (Fsp3) is 0.571. The minimum absolute atomic E-state index is 0.318. The van der Waals surface area contributed by atoms with Crippen molar-refractivity contribution in [3.63, 3.8) is 0 Å². The van der Waals surface area contributed by atoms with Gasteiger partial charge in [-0.25, -0.2) is 4.98 Å². The second-order valence-electron chi connectivity index (χ2n) is 2.97. The van der Waals surface area contributed by atoms with Crippen LogP contribution in [0, 0.1) is 0 Å².